The Bertz CT molecular complexity index is 1160. The van der Waals surface area contributed by atoms with Gasteiger partial charge in [0.15, 0.2) is 0 Å². The van der Waals surface area contributed by atoms with Crippen LogP contribution in [0.5, 0.6) is 0 Å². The predicted octanol–water partition coefficient (Wildman–Crippen LogP) is 4.15. The smallest absolute Gasteiger partial charge is 0.277 e. The van der Waals surface area contributed by atoms with Crippen LogP contribution >= 0.6 is 23.4 Å². The Morgan fingerprint density at radius 1 is 1.13 bits per heavy atom. The fourth-order valence-electron chi connectivity index (χ4n) is 2.76. The number of rotatable bonds is 9. The van der Waals surface area contributed by atoms with Crippen LogP contribution in [0.2, 0.25) is 5.02 Å². The Morgan fingerprint density at radius 3 is 2.58 bits per heavy atom. The Morgan fingerprint density at radius 2 is 1.87 bits per heavy atom. The molecule has 8 nitrogen and oxygen atoms in total. The second kappa shape index (κ2) is 10.3. The molecule has 0 radical (unpaired) electrons. The number of nitrogens with zero attached hydrogens (tertiary/aromatic N) is 3. The molecule has 1 N–H and O–H groups in total. The summed E-state index contributed by atoms with van der Waals surface area (Å²) in [6.07, 6.45) is 0. The topological polar surface area (TPSA) is 105 Å². The van der Waals surface area contributed by atoms with Crippen molar-refractivity contribution >= 4 is 45.0 Å². The molecule has 0 spiro atoms. The minimum atomic E-state index is -3.61. The van der Waals surface area contributed by atoms with Crippen LogP contribution in [-0.4, -0.2) is 47.7 Å². The van der Waals surface area contributed by atoms with Crippen molar-refractivity contribution in [1.29, 1.82) is 0 Å². The lowest BCUT2D eigenvalue weighted by molar-refractivity contribution is -0.113. The van der Waals surface area contributed by atoms with Gasteiger partial charge in [0, 0.05) is 18.7 Å². The van der Waals surface area contributed by atoms with Crippen molar-refractivity contribution in [2.24, 2.45) is 0 Å². The zero-order chi connectivity index (χ0) is 22.4. The Labute approximate surface area is 190 Å². The summed E-state index contributed by atoms with van der Waals surface area (Å²) in [7, 11) is -3.61. The number of anilines is 1. The Balaban J connectivity index is 1.68. The van der Waals surface area contributed by atoms with Gasteiger partial charge in [-0.05, 0) is 30.3 Å². The molecule has 0 aliphatic heterocycles. The molecule has 31 heavy (non-hydrogen) atoms. The van der Waals surface area contributed by atoms with Gasteiger partial charge in [0.05, 0.1) is 21.4 Å². The summed E-state index contributed by atoms with van der Waals surface area (Å²) in [6, 6.07) is 13.3. The fraction of sp³-hybridized carbons (Fsp3) is 0.250. The first-order chi connectivity index (χ1) is 14.8. The number of para-hydroxylation sites is 1. The molecule has 2 aromatic carbocycles. The molecule has 0 aliphatic carbocycles. The second-order valence-corrected chi connectivity index (χ2v) is 9.58. The first kappa shape index (κ1) is 23.3. The first-order valence-corrected chi connectivity index (χ1v) is 12.3. The number of hydrogen-bond donors (Lipinski definition) is 1. The SMILES string of the molecule is CCN(CC)S(=O)(=O)c1cccc(-c2nnc(SCC(=O)Nc3ccccc3Cl)o2)c1. The van der Waals surface area contributed by atoms with E-state index >= 15 is 0 Å². The zero-order valence-electron chi connectivity index (χ0n) is 16.9. The largest absolute Gasteiger partial charge is 0.411 e. The van der Waals surface area contributed by atoms with Crippen molar-refractivity contribution < 1.29 is 17.6 Å². The lowest BCUT2D eigenvalue weighted by Crippen LogP contribution is -2.30. The van der Waals surface area contributed by atoms with E-state index in [-0.39, 0.29) is 27.7 Å². The van der Waals surface area contributed by atoms with Gasteiger partial charge in [0.1, 0.15) is 0 Å². The number of carbonyl (C=O) groups excluding carboxylic acids is 1. The van der Waals surface area contributed by atoms with Gasteiger partial charge in [-0.1, -0.05) is 55.4 Å². The summed E-state index contributed by atoms with van der Waals surface area (Å²) in [5.41, 5.74) is 1.00. The standard InChI is InChI=1S/C20H21ClN4O4S2/c1-3-25(4-2)31(27,28)15-9-7-8-14(12-15)19-23-24-20(29-19)30-13-18(26)22-17-11-6-5-10-16(17)21/h5-12H,3-4,13H2,1-2H3,(H,22,26). The minimum absolute atomic E-state index is 0.0449. The summed E-state index contributed by atoms with van der Waals surface area (Å²) in [4.78, 5) is 12.3. The normalized spacial score (nSPS) is 11.6. The van der Waals surface area contributed by atoms with Crippen molar-refractivity contribution in [2.45, 2.75) is 24.0 Å². The summed E-state index contributed by atoms with van der Waals surface area (Å²) in [6.45, 7) is 4.32. The van der Waals surface area contributed by atoms with E-state index < -0.39 is 10.0 Å². The second-order valence-electron chi connectivity index (χ2n) is 6.31. The highest BCUT2D eigenvalue weighted by Crippen LogP contribution is 2.27. The van der Waals surface area contributed by atoms with Gasteiger partial charge in [0.2, 0.25) is 21.8 Å². The molecule has 3 aromatic rings. The summed E-state index contributed by atoms with van der Waals surface area (Å²) in [5, 5.41) is 11.3. The highest BCUT2D eigenvalue weighted by molar-refractivity contribution is 7.99. The van der Waals surface area contributed by atoms with Gasteiger partial charge < -0.3 is 9.73 Å². The molecule has 0 saturated carbocycles. The Kier molecular flexibility index (Phi) is 7.71. The van der Waals surface area contributed by atoms with E-state index in [2.05, 4.69) is 15.5 Å². The number of nitrogens with one attached hydrogen (secondary N) is 1. The molecule has 0 aliphatic rings. The molecule has 1 heterocycles. The van der Waals surface area contributed by atoms with Crippen molar-refractivity contribution in [2.75, 3.05) is 24.2 Å². The van der Waals surface area contributed by atoms with Crippen molar-refractivity contribution in [3.63, 3.8) is 0 Å². The van der Waals surface area contributed by atoms with Gasteiger partial charge in [0.25, 0.3) is 5.22 Å². The number of sulfonamides is 1. The third-order valence-corrected chi connectivity index (χ3v) is 7.50. The third kappa shape index (κ3) is 5.65. The maximum atomic E-state index is 12.7. The van der Waals surface area contributed by atoms with E-state index in [0.717, 1.165) is 11.8 Å². The number of thioether (sulfide) groups is 1. The van der Waals surface area contributed by atoms with Crippen LogP contribution in [0.4, 0.5) is 5.69 Å². The number of amides is 1. The number of hydrogen-bond acceptors (Lipinski definition) is 7. The lowest BCUT2D eigenvalue weighted by Gasteiger charge is -2.18. The van der Waals surface area contributed by atoms with Crippen molar-refractivity contribution in [3.8, 4) is 11.5 Å². The molecule has 3 rings (SSSR count). The third-order valence-electron chi connectivity index (χ3n) is 4.31. The van der Waals surface area contributed by atoms with E-state index in [1.54, 1.807) is 50.2 Å². The number of aromatic nitrogens is 2. The van der Waals surface area contributed by atoms with Crippen LogP contribution in [0.1, 0.15) is 13.8 Å². The minimum Gasteiger partial charge on any atom is -0.411 e. The molecule has 11 heteroatoms. The number of halogens is 1. The van der Waals surface area contributed by atoms with E-state index in [4.69, 9.17) is 16.0 Å². The van der Waals surface area contributed by atoms with E-state index in [1.807, 2.05) is 0 Å². The van der Waals surface area contributed by atoms with Crippen LogP contribution in [0.25, 0.3) is 11.5 Å². The van der Waals surface area contributed by atoms with Crippen LogP contribution in [0.15, 0.2) is 63.1 Å². The average Bonchev–Trinajstić information content (AvgIpc) is 3.24. The van der Waals surface area contributed by atoms with Crippen LogP contribution in [0.3, 0.4) is 0 Å². The maximum absolute atomic E-state index is 12.7. The summed E-state index contributed by atoms with van der Waals surface area (Å²) in [5.74, 6) is -0.0563. The lowest BCUT2D eigenvalue weighted by atomic mass is 10.2. The van der Waals surface area contributed by atoms with E-state index in [1.165, 1.54) is 16.4 Å². The molecule has 1 amide bonds. The molecular weight excluding hydrogens is 460 g/mol. The molecule has 0 saturated heterocycles. The molecule has 0 atom stereocenters. The average molecular weight is 481 g/mol. The van der Waals surface area contributed by atoms with E-state index in [0.29, 0.717) is 29.4 Å². The molecule has 164 valence electrons. The maximum Gasteiger partial charge on any atom is 0.277 e. The van der Waals surface area contributed by atoms with Gasteiger partial charge >= 0.3 is 0 Å². The molecule has 1 aromatic heterocycles. The quantitative estimate of drug-likeness (QED) is 0.458. The van der Waals surface area contributed by atoms with Gasteiger partial charge in [-0.15, -0.1) is 10.2 Å². The zero-order valence-corrected chi connectivity index (χ0v) is 19.3. The fourth-order valence-corrected chi connectivity index (χ4v) is 5.01. The monoisotopic (exact) mass is 480 g/mol. The van der Waals surface area contributed by atoms with Crippen LogP contribution < -0.4 is 5.32 Å². The van der Waals surface area contributed by atoms with Crippen LogP contribution in [0, 0.1) is 0 Å². The van der Waals surface area contributed by atoms with Gasteiger partial charge in [-0.2, -0.15) is 4.31 Å². The van der Waals surface area contributed by atoms with Crippen molar-refractivity contribution in [1.82, 2.24) is 14.5 Å². The molecular formula is C20H21ClN4O4S2. The predicted molar refractivity (Wildman–Crippen MR) is 121 cm³/mol. The molecule has 0 fully saturated rings. The van der Waals surface area contributed by atoms with Gasteiger partial charge in [-0.25, -0.2) is 8.42 Å². The van der Waals surface area contributed by atoms with Crippen molar-refractivity contribution in [3.05, 3.63) is 53.6 Å². The van der Waals surface area contributed by atoms with Gasteiger partial charge in [-0.3, -0.25) is 4.79 Å². The highest BCUT2D eigenvalue weighted by atomic mass is 35.5. The summed E-state index contributed by atoms with van der Waals surface area (Å²) >= 11 is 7.10. The Hall–Kier alpha value is -2.40. The molecule has 0 unspecified atom stereocenters. The molecule has 0 bridgehead atoms. The number of carbonyl (C=O) groups is 1. The first-order valence-electron chi connectivity index (χ1n) is 9.46. The van der Waals surface area contributed by atoms with E-state index in [9.17, 15) is 13.2 Å². The highest BCUT2D eigenvalue weighted by Gasteiger charge is 2.22. The number of benzene rings is 2. The van der Waals surface area contributed by atoms with Crippen LogP contribution in [-0.2, 0) is 14.8 Å². The summed E-state index contributed by atoms with van der Waals surface area (Å²) < 4.78 is 32.4.